The number of piperidine rings is 3. The van der Waals surface area contributed by atoms with Crippen LogP contribution in [0.5, 0.6) is 0 Å². The first kappa shape index (κ1) is 16.9. The quantitative estimate of drug-likeness (QED) is 0.612. The Balaban J connectivity index is 1.51. The van der Waals surface area contributed by atoms with Crippen LogP contribution in [0.4, 0.5) is 5.69 Å². The lowest BCUT2D eigenvalue weighted by molar-refractivity contribution is -0.113. The monoisotopic (exact) mass is 334 g/mol. The number of benzene rings is 1. The van der Waals surface area contributed by atoms with Gasteiger partial charge in [0.2, 0.25) is 13.9 Å². The van der Waals surface area contributed by atoms with Crippen LogP contribution in [0.1, 0.15) is 39.2 Å². The Morgan fingerprint density at radius 2 is 1.72 bits per heavy atom. The lowest BCUT2D eigenvalue weighted by Gasteiger charge is -2.53. The van der Waals surface area contributed by atoms with Gasteiger partial charge in [0, 0.05) is 31.4 Å². The number of nitrogens with zero attached hydrogens (tertiary/aromatic N) is 2. The van der Waals surface area contributed by atoms with Crippen LogP contribution in [0, 0.1) is 17.8 Å². The van der Waals surface area contributed by atoms with Crippen molar-refractivity contribution < 1.29 is 4.79 Å². The second-order valence-electron chi connectivity index (χ2n) is 9.10. The first-order valence-corrected chi connectivity index (χ1v) is 9.44. The van der Waals surface area contributed by atoms with Crippen molar-refractivity contribution in [2.75, 3.05) is 24.4 Å². The van der Waals surface area contributed by atoms with Gasteiger partial charge >= 0.3 is 0 Å². The summed E-state index contributed by atoms with van der Waals surface area (Å²) in [5.41, 5.74) is 3.44. The number of carbonyl (C=O) groups is 1. The van der Waals surface area contributed by atoms with Gasteiger partial charge in [-0.1, -0.05) is 38.5 Å². The number of amides is 1. The van der Waals surface area contributed by atoms with Gasteiger partial charge in [0.25, 0.3) is 0 Å². The second-order valence-corrected chi connectivity index (χ2v) is 9.10. The minimum absolute atomic E-state index is 0.0963. The van der Waals surface area contributed by atoms with E-state index < -0.39 is 0 Å². The van der Waals surface area contributed by atoms with Crippen molar-refractivity contribution in [3.05, 3.63) is 41.5 Å². The van der Waals surface area contributed by atoms with E-state index in [0.717, 1.165) is 24.7 Å². The van der Waals surface area contributed by atoms with Gasteiger partial charge in [-0.05, 0) is 53.7 Å². The van der Waals surface area contributed by atoms with Crippen LogP contribution in [0.2, 0.25) is 0 Å². The molecule has 4 heteroatoms. The number of hydrogen-bond donors (Lipinski definition) is 0. The van der Waals surface area contributed by atoms with Crippen molar-refractivity contribution in [2.45, 2.75) is 39.0 Å². The van der Waals surface area contributed by atoms with E-state index in [-0.39, 0.29) is 11.3 Å². The van der Waals surface area contributed by atoms with Gasteiger partial charge in [0.1, 0.15) is 0 Å². The van der Waals surface area contributed by atoms with Crippen molar-refractivity contribution in [3.63, 3.8) is 0 Å². The Morgan fingerprint density at radius 3 is 2.24 bits per heavy atom. The Bertz CT molecular complexity index is 672. The van der Waals surface area contributed by atoms with Crippen LogP contribution in [0.25, 0.3) is 0 Å². The Kier molecular flexibility index (Phi) is 4.07. The molecule has 1 aliphatic carbocycles. The predicted octanol–water partition coefficient (Wildman–Crippen LogP) is 3.30. The molecule has 3 aliphatic heterocycles. The SMILES string of the molecule is [B]N(C(=O)C=C1C2CC3CC1CN(C3)C2)c1ccc(C(C)(C)C)cc1. The fourth-order valence-corrected chi connectivity index (χ4v) is 4.92. The molecule has 3 heterocycles. The molecule has 4 bridgehead atoms. The minimum atomic E-state index is -0.0963. The molecule has 1 aromatic carbocycles. The molecular formula is C21H27BN2O. The highest BCUT2D eigenvalue weighted by molar-refractivity contribution is 6.33. The van der Waals surface area contributed by atoms with Crippen LogP contribution in [-0.2, 0) is 10.2 Å². The van der Waals surface area contributed by atoms with E-state index in [2.05, 4.69) is 37.8 Å². The molecule has 2 unspecified atom stereocenters. The Morgan fingerprint density at radius 1 is 1.12 bits per heavy atom. The molecule has 1 aromatic rings. The zero-order valence-electron chi connectivity index (χ0n) is 15.5. The van der Waals surface area contributed by atoms with E-state index in [4.69, 9.17) is 7.98 Å². The summed E-state index contributed by atoms with van der Waals surface area (Å²) >= 11 is 0. The maximum absolute atomic E-state index is 12.7. The fourth-order valence-electron chi connectivity index (χ4n) is 4.92. The van der Waals surface area contributed by atoms with Crippen LogP contribution in [0.15, 0.2) is 35.9 Å². The van der Waals surface area contributed by atoms with Gasteiger partial charge in [-0.25, -0.2) is 0 Å². The maximum Gasteiger partial charge on any atom is 0.239 e. The molecule has 130 valence electrons. The van der Waals surface area contributed by atoms with Crippen molar-refractivity contribution in [3.8, 4) is 0 Å². The molecule has 0 spiro atoms. The zero-order chi connectivity index (χ0) is 17.8. The van der Waals surface area contributed by atoms with Gasteiger partial charge in [-0.15, -0.1) is 0 Å². The first-order chi connectivity index (χ1) is 11.8. The highest BCUT2D eigenvalue weighted by atomic mass is 16.2. The summed E-state index contributed by atoms with van der Waals surface area (Å²) in [5.74, 6) is 1.86. The van der Waals surface area contributed by atoms with E-state index in [9.17, 15) is 4.79 Å². The highest BCUT2D eigenvalue weighted by Crippen LogP contribution is 2.46. The molecule has 2 atom stereocenters. The molecule has 4 aliphatic rings. The van der Waals surface area contributed by atoms with Gasteiger partial charge in [-0.3, -0.25) is 4.79 Å². The minimum Gasteiger partial charge on any atom is -0.366 e. The molecule has 1 saturated carbocycles. The van der Waals surface area contributed by atoms with Gasteiger partial charge < -0.3 is 9.71 Å². The summed E-state index contributed by atoms with van der Waals surface area (Å²) in [4.78, 5) is 16.6. The topological polar surface area (TPSA) is 23.6 Å². The number of rotatable bonds is 2. The molecule has 2 radical (unpaired) electrons. The molecule has 1 amide bonds. The third kappa shape index (κ3) is 3.17. The number of anilines is 1. The van der Waals surface area contributed by atoms with Crippen LogP contribution in [-0.4, -0.2) is 38.4 Å². The second kappa shape index (κ2) is 6.01. The largest absolute Gasteiger partial charge is 0.366 e. The van der Waals surface area contributed by atoms with Crippen LogP contribution < -0.4 is 4.81 Å². The van der Waals surface area contributed by atoms with E-state index in [1.165, 1.54) is 35.3 Å². The highest BCUT2D eigenvalue weighted by Gasteiger charge is 2.44. The van der Waals surface area contributed by atoms with E-state index in [0.29, 0.717) is 11.8 Å². The van der Waals surface area contributed by atoms with E-state index in [1.807, 2.05) is 18.2 Å². The lowest BCUT2D eigenvalue weighted by atomic mass is 9.65. The molecule has 3 saturated heterocycles. The standard InChI is InChI=1S/C21H27BN2O/c1-21(2,3)17-4-6-18(7-5-17)24(22)20(25)10-19-15-8-14-9-16(19)13-23(11-14)12-15/h4-7,10,14-16H,8-9,11-13H2,1-3H3. The summed E-state index contributed by atoms with van der Waals surface area (Å²) in [5, 5.41) is 0. The summed E-state index contributed by atoms with van der Waals surface area (Å²) in [6, 6.07) is 8.01. The van der Waals surface area contributed by atoms with Crippen LogP contribution in [0.3, 0.4) is 0 Å². The Labute approximate surface area is 152 Å². The lowest BCUT2D eigenvalue weighted by Crippen LogP contribution is -2.54. The summed E-state index contributed by atoms with van der Waals surface area (Å²) in [7, 11) is 6.13. The molecule has 25 heavy (non-hydrogen) atoms. The predicted molar refractivity (Wildman–Crippen MR) is 103 cm³/mol. The van der Waals surface area contributed by atoms with Gasteiger partial charge in [0.05, 0.1) is 0 Å². The molecule has 3 nitrogen and oxygen atoms in total. The van der Waals surface area contributed by atoms with Crippen LogP contribution >= 0.6 is 0 Å². The first-order valence-electron chi connectivity index (χ1n) is 9.44. The van der Waals surface area contributed by atoms with Gasteiger partial charge in [-0.2, -0.15) is 0 Å². The van der Waals surface area contributed by atoms with Gasteiger partial charge in [0.15, 0.2) is 0 Å². The maximum atomic E-state index is 12.7. The van der Waals surface area contributed by atoms with Crippen molar-refractivity contribution in [1.82, 2.24) is 4.90 Å². The smallest absolute Gasteiger partial charge is 0.239 e. The third-order valence-electron chi connectivity index (χ3n) is 6.19. The molecule has 4 fully saturated rings. The number of carbonyl (C=O) groups excluding carboxylic acids is 1. The molecule has 0 N–H and O–H groups in total. The molecular weight excluding hydrogens is 307 g/mol. The molecule has 5 rings (SSSR count). The average Bonchev–Trinajstić information content (AvgIpc) is 2.56. The zero-order valence-corrected chi connectivity index (χ0v) is 15.5. The van der Waals surface area contributed by atoms with Crippen molar-refractivity contribution >= 4 is 19.6 Å². The fraction of sp³-hybridized carbons (Fsp3) is 0.571. The van der Waals surface area contributed by atoms with E-state index >= 15 is 0 Å². The van der Waals surface area contributed by atoms with Crippen molar-refractivity contribution in [1.29, 1.82) is 0 Å². The number of hydrogen-bond acceptors (Lipinski definition) is 2. The van der Waals surface area contributed by atoms with E-state index in [1.54, 1.807) is 0 Å². The Hall–Kier alpha value is -1.55. The summed E-state index contributed by atoms with van der Waals surface area (Å²) in [6.07, 6.45) is 4.33. The normalized spacial score (nSPS) is 30.4. The summed E-state index contributed by atoms with van der Waals surface area (Å²) < 4.78 is 0. The average molecular weight is 334 g/mol. The molecule has 0 aromatic heterocycles. The van der Waals surface area contributed by atoms with Crippen molar-refractivity contribution in [2.24, 2.45) is 17.8 Å². The third-order valence-corrected chi connectivity index (χ3v) is 6.19. The summed E-state index contributed by atoms with van der Waals surface area (Å²) in [6.45, 7) is 10.0.